The summed E-state index contributed by atoms with van der Waals surface area (Å²) in [6.45, 7) is 0.760. The summed E-state index contributed by atoms with van der Waals surface area (Å²) in [7, 11) is 1.66. The van der Waals surface area contributed by atoms with Gasteiger partial charge in [-0.2, -0.15) is 0 Å². The van der Waals surface area contributed by atoms with E-state index in [4.69, 9.17) is 10.5 Å². The van der Waals surface area contributed by atoms with Crippen LogP contribution in [0.5, 0.6) is 5.75 Å². The second-order valence-corrected chi connectivity index (χ2v) is 7.19. The van der Waals surface area contributed by atoms with Crippen molar-refractivity contribution in [3.05, 3.63) is 65.7 Å². The summed E-state index contributed by atoms with van der Waals surface area (Å²) < 4.78 is 5.36. The molecular weight excluding hydrogens is 340 g/mol. The molecule has 4 atom stereocenters. The predicted octanol–water partition coefficient (Wildman–Crippen LogP) is 1.90. The van der Waals surface area contributed by atoms with E-state index in [2.05, 4.69) is 16.9 Å². The van der Waals surface area contributed by atoms with E-state index in [1.54, 1.807) is 7.11 Å². The third-order valence-corrected chi connectivity index (χ3v) is 5.62. The third-order valence-electron chi connectivity index (χ3n) is 5.62. The maximum absolute atomic E-state index is 13.5. The van der Waals surface area contributed by atoms with Crippen LogP contribution in [0.1, 0.15) is 35.9 Å². The molecule has 27 heavy (non-hydrogen) atoms. The molecule has 0 aromatic heterocycles. The minimum absolute atomic E-state index is 0.0719. The van der Waals surface area contributed by atoms with Gasteiger partial charge in [-0.15, -0.1) is 0 Å². The van der Waals surface area contributed by atoms with Gasteiger partial charge in [0.2, 0.25) is 5.91 Å². The maximum atomic E-state index is 13.5. The molecule has 2 fully saturated rings. The summed E-state index contributed by atoms with van der Waals surface area (Å²) in [5.41, 5.74) is 14.6. The van der Waals surface area contributed by atoms with E-state index in [9.17, 15) is 4.79 Å². The predicted molar refractivity (Wildman–Crippen MR) is 104 cm³/mol. The number of benzene rings is 2. The van der Waals surface area contributed by atoms with Crippen molar-refractivity contribution in [2.75, 3.05) is 13.7 Å². The molecule has 6 nitrogen and oxygen atoms in total. The molecule has 2 aromatic rings. The van der Waals surface area contributed by atoms with Gasteiger partial charge in [0.25, 0.3) is 0 Å². The number of nitrogens with zero attached hydrogens (tertiary/aromatic N) is 1. The monoisotopic (exact) mass is 366 g/mol. The molecule has 0 aliphatic carbocycles. The fourth-order valence-corrected chi connectivity index (χ4v) is 4.27. The van der Waals surface area contributed by atoms with Gasteiger partial charge in [0.1, 0.15) is 11.8 Å². The minimum Gasteiger partial charge on any atom is -0.497 e. The molecule has 2 saturated heterocycles. The highest BCUT2D eigenvalue weighted by Crippen LogP contribution is 2.36. The number of hydrogen-bond acceptors (Lipinski definition) is 5. The van der Waals surface area contributed by atoms with Crippen molar-refractivity contribution < 1.29 is 9.53 Å². The summed E-state index contributed by atoms with van der Waals surface area (Å²) in [5, 5.41) is 0. The number of ether oxygens (including phenoxy) is 1. The molecule has 0 bridgehead atoms. The summed E-state index contributed by atoms with van der Waals surface area (Å²) in [4.78, 5) is 15.4. The van der Waals surface area contributed by atoms with Gasteiger partial charge in [0, 0.05) is 12.5 Å². The Labute approximate surface area is 159 Å². The van der Waals surface area contributed by atoms with Gasteiger partial charge in [0.05, 0.1) is 19.3 Å². The summed E-state index contributed by atoms with van der Waals surface area (Å²) >= 11 is 0. The molecule has 2 aliphatic rings. The Morgan fingerprint density at radius 3 is 2.67 bits per heavy atom. The molecule has 4 rings (SSSR count). The normalized spacial score (nSPS) is 27.7. The molecule has 6 heteroatoms. The molecule has 2 aromatic carbocycles. The lowest BCUT2D eigenvalue weighted by Gasteiger charge is -2.30. The van der Waals surface area contributed by atoms with Gasteiger partial charge in [-0.05, 0) is 36.1 Å². The van der Waals surface area contributed by atoms with Crippen molar-refractivity contribution in [1.29, 1.82) is 0 Å². The van der Waals surface area contributed by atoms with Crippen LogP contribution in [0, 0.1) is 0 Å². The number of hydrogen-bond donors (Lipinski definition) is 3. The first-order valence-electron chi connectivity index (χ1n) is 9.45. The topological polar surface area (TPSA) is 79.6 Å². The summed E-state index contributed by atoms with van der Waals surface area (Å²) in [6, 6.07) is 17.7. The minimum atomic E-state index is -0.381. The van der Waals surface area contributed by atoms with Crippen LogP contribution in [0.2, 0.25) is 0 Å². The molecule has 2 aliphatic heterocycles. The van der Waals surface area contributed by atoms with Crippen molar-refractivity contribution in [2.24, 2.45) is 5.73 Å². The second kappa shape index (κ2) is 7.68. The van der Waals surface area contributed by atoms with Gasteiger partial charge in [-0.25, -0.2) is 10.9 Å². The highest BCUT2D eigenvalue weighted by molar-refractivity contribution is 5.84. The molecule has 142 valence electrons. The molecule has 4 N–H and O–H groups in total. The fourth-order valence-electron chi connectivity index (χ4n) is 4.27. The van der Waals surface area contributed by atoms with Crippen molar-refractivity contribution in [2.45, 2.75) is 37.0 Å². The number of carbonyl (C=O) groups is 1. The molecule has 2 heterocycles. The van der Waals surface area contributed by atoms with Crippen LogP contribution in [-0.4, -0.2) is 36.7 Å². The standard InChI is InChI=1S/C21H26N4O2/c1-27-16-10-5-9-15(13-16)17-11-6-12-25(17)21(26)19-18(20(22)24-23-19)14-7-3-2-4-8-14/h2-5,7-10,13,17-20,23-24H,6,11-12,22H2,1H3. The van der Waals surface area contributed by atoms with Gasteiger partial charge in [-0.1, -0.05) is 42.5 Å². The highest BCUT2D eigenvalue weighted by Gasteiger charge is 2.43. The molecule has 4 unspecified atom stereocenters. The number of rotatable bonds is 4. The average Bonchev–Trinajstić information content (AvgIpc) is 3.35. The smallest absolute Gasteiger partial charge is 0.242 e. The van der Waals surface area contributed by atoms with E-state index in [1.165, 1.54) is 0 Å². The maximum Gasteiger partial charge on any atom is 0.242 e. The third kappa shape index (κ3) is 3.43. The fraction of sp³-hybridized carbons (Fsp3) is 0.381. The first kappa shape index (κ1) is 18.0. The van der Waals surface area contributed by atoms with Crippen molar-refractivity contribution in [3.63, 3.8) is 0 Å². The quantitative estimate of drug-likeness (QED) is 0.770. The van der Waals surface area contributed by atoms with Crippen LogP contribution in [-0.2, 0) is 4.79 Å². The Bertz CT molecular complexity index is 798. The zero-order valence-corrected chi connectivity index (χ0v) is 15.5. The zero-order chi connectivity index (χ0) is 18.8. The van der Waals surface area contributed by atoms with E-state index >= 15 is 0 Å². The van der Waals surface area contributed by atoms with Gasteiger partial charge in [-0.3, -0.25) is 4.79 Å². The number of nitrogens with one attached hydrogen (secondary N) is 2. The SMILES string of the molecule is COc1cccc(C2CCCN2C(=O)C2NNC(N)C2c2ccccc2)c1. The van der Waals surface area contributed by atoms with Gasteiger partial charge >= 0.3 is 0 Å². The van der Waals surface area contributed by atoms with Crippen LogP contribution in [0.15, 0.2) is 54.6 Å². The van der Waals surface area contributed by atoms with Crippen molar-refractivity contribution >= 4 is 5.91 Å². The summed E-state index contributed by atoms with van der Waals surface area (Å²) in [5.74, 6) is 0.802. The Kier molecular flexibility index (Phi) is 5.11. The highest BCUT2D eigenvalue weighted by atomic mass is 16.5. The Morgan fingerprint density at radius 2 is 1.89 bits per heavy atom. The van der Waals surface area contributed by atoms with Gasteiger partial charge < -0.3 is 15.4 Å². The molecule has 1 amide bonds. The lowest BCUT2D eigenvalue weighted by Crippen LogP contribution is -2.47. The summed E-state index contributed by atoms with van der Waals surface area (Å²) in [6.07, 6.45) is 1.65. The number of methoxy groups -OCH3 is 1. The molecule has 0 radical (unpaired) electrons. The first-order chi connectivity index (χ1) is 13.2. The van der Waals surface area contributed by atoms with E-state index < -0.39 is 0 Å². The average molecular weight is 366 g/mol. The van der Waals surface area contributed by atoms with Gasteiger partial charge in [0.15, 0.2) is 0 Å². The lowest BCUT2D eigenvalue weighted by atomic mass is 9.89. The van der Waals surface area contributed by atoms with E-state index in [0.717, 1.165) is 36.3 Å². The number of nitrogens with two attached hydrogens (primary N) is 1. The van der Waals surface area contributed by atoms with Crippen molar-refractivity contribution in [3.8, 4) is 5.75 Å². The number of amides is 1. The number of carbonyl (C=O) groups excluding carboxylic acids is 1. The molecule has 0 spiro atoms. The van der Waals surface area contributed by atoms with Crippen LogP contribution >= 0.6 is 0 Å². The second-order valence-electron chi connectivity index (χ2n) is 7.19. The Hall–Kier alpha value is -2.41. The van der Waals surface area contributed by atoms with Crippen LogP contribution in [0.3, 0.4) is 0 Å². The van der Waals surface area contributed by atoms with Crippen LogP contribution in [0.25, 0.3) is 0 Å². The molecule has 0 saturated carbocycles. The van der Waals surface area contributed by atoms with E-state index in [-0.39, 0.29) is 30.1 Å². The molecular formula is C21H26N4O2. The van der Waals surface area contributed by atoms with E-state index in [1.807, 2.05) is 53.4 Å². The zero-order valence-electron chi connectivity index (χ0n) is 15.5. The van der Waals surface area contributed by atoms with E-state index in [0.29, 0.717) is 0 Å². The number of hydrazine groups is 1. The van der Waals surface area contributed by atoms with Crippen LogP contribution < -0.4 is 21.3 Å². The lowest BCUT2D eigenvalue weighted by molar-refractivity contribution is -0.134. The van der Waals surface area contributed by atoms with Crippen LogP contribution in [0.4, 0.5) is 0 Å². The largest absolute Gasteiger partial charge is 0.497 e. The first-order valence-corrected chi connectivity index (χ1v) is 9.45. The Morgan fingerprint density at radius 1 is 1.11 bits per heavy atom. The Balaban J connectivity index is 1.59. The number of likely N-dealkylation sites (tertiary alicyclic amines) is 1. The van der Waals surface area contributed by atoms with Crippen molar-refractivity contribution in [1.82, 2.24) is 15.8 Å².